The van der Waals surface area contributed by atoms with Crippen molar-refractivity contribution < 1.29 is 9.21 Å². The van der Waals surface area contributed by atoms with Crippen LogP contribution in [0.5, 0.6) is 0 Å². The molecule has 3 aromatic rings. The van der Waals surface area contributed by atoms with E-state index in [1.165, 1.54) is 0 Å². The number of amides is 1. The molecule has 0 spiro atoms. The maximum atomic E-state index is 12.5. The predicted octanol–water partition coefficient (Wildman–Crippen LogP) is 2.36. The number of nitrogens with zero attached hydrogens (tertiary/aromatic N) is 5. The molecule has 4 rings (SSSR count). The third-order valence-electron chi connectivity index (χ3n) is 4.85. The Morgan fingerprint density at radius 3 is 2.59 bits per heavy atom. The zero-order chi connectivity index (χ0) is 18.6. The Balaban J connectivity index is 1.27. The summed E-state index contributed by atoms with van der Waals surface area (Å²) in [4.78, 5) is 21.0. The number of oxazole rings is 1. The van der Waals surface area contributed by atoms with Gasteiger partial charge < -0.3 is 14.2 Å². The van der Waals surface area contributed by atoms with Gasteiger partial charge in [0.25, 0.3) is 0 Å². The smallest absolute Gasteiger partial charge is 0.223 e. The molecule has 1 fully saturated rings. The first kappa shape index (κ1) is 17.3. The lowest BCUT2D eigenvalue weighted by atomic mass is 10.2. The summed E-state index contributed by atoms with van der Waals surface area (Å²) in [6.45, 7) is 3.12. The van der Waals surface area contributed by atoms with Gasteiger partial charge in [0.2, 0.25) is 5.91 Å². The fraction of sp³-hybridized carbons (Fsp3) is 0.350. The van der Waals surface area contributed by atoms with Crippen LogP contribution < -0.4 is 4.90 Å². The van der Waals surface area contributed by atoms with Gasteiger partial charge in [-0.15, -0.1) is 0 Å². The maximum Gasteiger partial charge on any atom is 0.223 e. The van der Waals surface area contributed by atoms with Crippen molar-refractivity contribution in [1.82, 2.24) is 19.7 Å². The third kappa shape index (κ3) is 4.02. The molecule has 0 aliphatic carbocycles. The van der Waals surface area contributed by atoms with Crippen LogP contribution in [-0.2, 0) is 18.3 Å². The van der Waals surface area contributed by atoms with E-state index in [4.69, 9.17) is 4.42 Å². The van der Waals surface area contributed by atoms with E-state index in [9.17, 15) is 4.79 Å². The Labute approximate surface area is 158 Å². The van der Waals surface area contributed by atoms with Crippen molar-refractivity contribution in [2.75, 3.05) is 31.1 Å². The van der Waals surface area contributed by atoms with Crippen molar-refractivity contribution >= 4 is 11.6 Å². The van der Waals surface area contributed by atoms with E-state index in [-0.39, 0.29) is 5.91 Å². The van der Waals surface area contributed by atoms with Crippen LogP contribution in [0.2, 0.25) is 0 Å². The second-order valence-corrected chi connectivity index (χ2v) is 6.72. The predicted molar refractivity (Wildman–Crippen MR) is 102 cm³/mol. The van der Waals surface area contributed by atoms with Crippen LogP contribution >= 0.6 is 0 Å². The number of hydrogen-bond acceptors (Lipinski definition) is 5. The van der Waals surface area contributed by atoms with Gasteiger partial charge in [0.15, 0.2) is 11.7 Å². The van der Waals surface area contributed by atoms with Gasteiger partial charge in [0, 0.05) is 57.8 Å². The summed E-state index contributed by atoms with van der Waals surface area (Å²) in [7, 11) is 1.91. The number of hydrogen-bond donors (Lipinski definition) is 0. The highest BCUT2D eigenvalue weighted by atomic mass is 16.4. The van der Waals surface area contributed by atoms with E-state index in [0.29, 0.717) is 18.7 Å². The van der Waals surface area contributed by atoms with Crippen molar-refractivity contribution in [2.45, 2.75) is 12.8 Å². The Bertz CT molecular complexity index is 894. The molecule has 1 aliphatic heterocycles. The van der Waals surface area contributed by atoms with Gasteiger partial charge in [-0.2, -0.15) is 5.10 Å². The van der Waals surface area contributed by atoms with Gasteiger partial charge in [-0.05, 0) is 0 Å². The molecule has 3 heterocycles. The van der Waals surface area contributed by atoms with Gasteiger partial charge in [0.1, 0.15) is 0 Å². The molecule has 1 aliphatic rings. The van der Waals surface area contributed by atoms with Crippen molar-refractivity contribution in [2.24, 2.45) is 7.05 Å². The summed E-state index contributed by atoms with van der Waals surface area (Å²) in [6, 6.07) is 9.86. The molecular weight excluding hydrogens is 342 g/mol. The standard InChI is InChI=1S/C20H23N5O2/c1-23-15-17(13-22-23)24-9-11-25(12-10-24)20(26)8-7-19-21-14-18(27-19)16-5-3-2-4-6-16/h2-6,13-15H,7-12H2,1H3. The van der Waals surface area contributed by atoms with Crippen LogP contribution in [0.3, 0.4) is 0 Å². The van der Waals surface area contributed by atoms with Crippen molar-refractivity contribution in [1.29, 1.82) is 0 Å². The van der Waals surface area contributed by atoms with E-state index in [0.717, 1.165) is 43.2 Å². The number of aryl methyl sites for hydroxylation is 2. The summed E-state index contributed by atoms with van der Waals surface area (Å²) in [5.74, 6) is 1.50. The molecule has 1 saturated heterocycles. The van der Waals surface area contributed by atoms with E-state index < -0.39 is 0 Å². The van der Waals surface area contributed by atoms with Crippen molar-refractivity contribution in [3.05, 3.63) is 54.8 Å². The molecule has 1 aromatic carbocycles. The number of anilines is 1. The molecule has 27 heavy (non-hydrogen) atoms. The maximum absolute atomic E-state index is 12.5. The lowest BCUT2D eigenvalue weighted by molar-refractivity contribution is -0.131. The summed E-state index contributed by atoms with van der Waals surface area (Å²) in [5, 5.41) is 4.21. The number of carbonyl (C=O) groups excluding carboxylic acids is 1. The number of benzene rings is 1. The molecule has 0 bridgehead atoms. The quantitative estimate of drug-likeness (QED) is 0.694. The molecule has 2 aromatic heterocycles. The number of carbonyl (C=O) groups is 1. The van der Waals surface area contributed by atoms with Crippen LogP contribution in [0.15, 0.2) is 53.3 Å². The first-order valence-corrected chi connectivity index (χ1v) is 9.20. The molecule has 0 radical (unpaired) electrons. The fourth-order valence-electron chi connectivity index (χ4n) is 3.32. The zero-order valence-corrected chi connectivity index (χ0v) is 15.4. The van der Waals surface area contributed by atoms with Crippen LogP contribution in [-0.4, -0.2) is 51.8 Å². The first-order valence-electron chi connectivity index (χ1n) is 9.20. The van der Waals surface area contributed by atoms with Gasteiger partial charge in [0.05, 0.1) is 18.1 Å². The Hall–Kier alpha value is -3.09. The van der Waals surface area contributed by atoms with Gasteiger partial charge in [-0.25, -0.2) is 4.98 Å². The average Bonchev–Trinajstić information content (AvgIpc) is 3.36. The lowest BCUT2D eigenvalue weighted by Gasteiger charge is -2.35. The minimum absolute atomic E-state index is 0.153. The van der Waals surface area contributed by atoms with Crippen LogP contribution in [0.25, 0.3) is 11.3 Å². The molecule has 0 unspecified atom stereocenters. The van der Waals surface area contributed by atoms with Crippen LogP contribution in [0, 0.1) is 0 Å². The monoisotopic (exact) mass is 365 g/mol. The van der Waals surface area contributed by atoms with Crippen LogP contribution in [0.1, 0.15) is 12.3 Å². The topological polar surface area (TPSA) is 67.4 Å². The minimum Gasteiger partial charge on any atom is -0.441 e. The molecule has 140 valence electrons. The van der Waals surface area contributed by atoms with E-state index in [1.807, 2.05) is 54.7 Å². The van der Waals surface area contributed by atoms with Gasteiger partial charge in [-0.3, -0.25) is 9.48 Å². The largest absolute Gasteiger partial charge is 0.441 e. The normalized spacial score (nSPS) is 14.6. The van der Waals surface area contributed by atoms with E-state index >= 15 is 0 Å². The second-order valence-electron chi connectivity index (χ2n) is 6.72. The van der Waals surface area contributed by atoms with Crippen LogP contribution in [0.4, 0.5) is 5.69 Å². The molecule has 0 atom stereocenters. The SMILES string of the molecule is Cn1cc(N2CCN(C(=O)CCc3ncc(-c4ccccc4)o3)CC2)cn1. The summed E-state index contributed by atoms with van der Waals surface area (Å²) in [6.07, 6.45) is 6.53. The van der Waals surface area contributed by atoms with Crippen molar-refractivity contribution in [3.8, 4) is 11.3 Å². The number of rotatable bonds is 5. The zero-order valence-electron chi connectivity index (χ0n) is 15.4. The first-order chi connectivity index (χ1) is 13.2. The molecule has 7 nitrogen and oxygen atoms in total. The van der Waals surface area contributed by atoms with E-state index in [1.54, 1.807) is 10.9 Å². The third-order valence-corrected chi connectivity index (χ3v) is 4.85. The second kappa shape index (κ2) is 7.65. The molecule has 0 saturated carbocycles. The van der Waals surface area contributed by atoms with Crippen molar-refractivity contribution in [3.63, 3.8) is 0 Å². The lowest BCUT2D eigenvalue weighted by Crippen LogP contribution is -2.48. The molecule has 1 amide bonds. The Morgan fingerprint density at radius 2 is 1.89 bits per heavy atom. The summed E-state index contributed by atoms with van der Waals surface area (Å²) < 4.78 is 7.58. The van der Waals surface area contributed by atoms with Gasteiger partial charge >= 0.3 is 0 Å². The fourth-order valence-corrected chi connectivity index (χ4v) is 3.32. The Kier molecular flexibility index (Phi) is 4.91. The highest BCUT2D eigenvalue weighted by molar-refractivity contribution is 5.76. The molecule has 7 heteroatoms. The number of aromatic nitrogens is 3. The number of piperazine rings is 1. The highest BCUT2D eigenvalue weighted by Gasteiger charge is 2.22. The highest BCUT2D eigenvalue weighted by Crippen LogP contribution is 2.21. The molecular formula is C20H23N5O2. The van der Waals surface area contributed by atoms with E-state index in [2.05, 4.69) is 15.0 Å². The summed E-state index contributed by atoms with van der Waals surface area (Å²) in [5.41, 5.74) is 2.10. The molecule has 0 N–H and O–H groups in total. The summed E-state index contributed by atoms with van der Waals surface area (Å²) >= 11 is 0. The Morgan fingerprint density at radius 1 is 1.11 bits per heavy atom. The minimum atomic E-state index is 0.153. The average molecular weight is 365 g/mol. The van der Waals surface area contributed by atoms with Gasteiger partial charge in [-0.1, -0.05) is 30.3 Å².